The molecule has 0 amide bonds. The van der Waals surface area contributed by atoms with Crippen molar-refractivity contribution in [1.29, 1.82) is 0 Å². The quantitative estimate of drug-likeness (QED) is 0.154. The molecule has 160 valence electrons. The van der Waals surface area contributed by atoms with Crippen LogP contribution in [0.25, 0.3) is 0 Å². The first kappa shape index (κ1) is 25.2. The van der Waals surface area contributed by atoms with Gasteiger partial charge in [-0.15, -0.1) is 0 Å². The van der Waals surface area contributed by atoms with E-state index in [1.807, 2.05) is 12.1 Å². The van der Waals surface area contributed by atoms with Crippen LogP contribution in [0.3, 0.4) is 0 Å². The Morgan fingerprint density at radius 2 is 1.18 bits per heavy atom. The average molecular weight is 424 g/mol. The van der Waals surface area contributed by atoms with Crippen molar-refractivity contribution in [2.75, 3.05) is 11.9 Å². The molecule has 0 aromatic heterocycles. The molecule has 0 aliphatic heterocycles. The Hall–Kier alpha value is -0.803. The Bertz CT molecular complexity index is 524. The van der Waals surface area contributed by atoms with Gasteiger partial charge in [0.25, 0.3) is 5.24 Å². The fourth-order valence-electron chi connectivity index (χ4n) is 3.50. The molecule has 4 heteroatoms. The van der Waals surface area contributed by atoms with Gasteiger partial charge in [-0.3, -0.25) is 4.79 Å². The van der Waals surface area contributed by atoms with Crippen molar-refractivity contribution in [3.63, 3.8) is 0 Å². The van der Waals surface area contributed by atoms with Crippen LogP contribution in [0.2, 0.25) is 25.7 Å². The van der Waals surface area contributed by atoms with Crippen molar-refractivity contribution in [1.82, 2.24) is 0 Å². The summed E-state index contributed by atoms with van der Waals surface area (Å²) in [5.74, 6) is 0. The molecule has 1 aromatic carbocycles. The van der Waals surface area contributed by atoms with Gasteiger partial charge in [-0.05, 0) is 42.3 Å². The first-order valence-electron chi connectivity index (χ1n) is 11.4. The second-order valence-electron chi connectivity index (χ2n) is 9.33. The maximum atomic E-state index is 11.0. The summed E-state index contributed by atoms with van der Waals surface area (Å²) in [7, 11) is -0.803. The standard InChI is InChI=1S/C24H42ClNOSi/c1-28(2,3)21-15-13-11-9-7-5-4-6-8-10-12-14-20-26-23-18-16-22(17-19-23)24(25)27/h16-19,26H,4-15,20-21H2,1-3H3. The zero-order valence-corrected chi connectivity index (χ0v) is 20.3. The number of anilines is 1. The van der Waals surface area contributed by atoms with Crippen LogP contribution < -0.4 is 5.32 Å². The Kier molecular flexibility index (Phi) is 13.6. The second-order valence-corrected chi connectivity index (χ2v) is 15.3. The fraction of sp³-hybridized carbons (Fsp3) is 0.708. The van der Waals surface area contributed by atoms with Crippen LogP contribution in [0.1, 0.15) is 87.4 Å². The molecule has 0 radical (unpaired) electrons. The van der Waals surface area contributed by atoms with Crippen molar-refractivity contribution < 1.29 is 4.79 Å². The third kappa shape index (κ3) is 14.2. The molecule has 0 bridgehead atoms. The molecule has 0 saturated carbocycles. The summed E-state index contributed by atoms with van der Waals surface area (Å²) in [6.07, 6.45) is 16.7. The van der Waals surface area contributed by atoms with E-state index < -0.39 is 13.3 Å². The van der Waals surface area contributed by atoms with Gasteiger partial charge in [-0.1, -0.05) is 96.3 Å². The second kappa shape index (κ2) is 15.1. The van der Waals surface area contributed by atoms with Gasteiger partial charge in [0.2, 0.25) is 0 Å². The summed E-state index contributed by atoms with van der Waals surface area (Å²) in [6.45, 7) is 8.43. The highest BCUT2D eigenvalue weighted by Gasteiger charge is 2.11. The Labute approximate surface area is 179 Å². The van der Waals surface area contributed by atoms with Gasteiger partial charge in [0, 0.05) is 25.9 Å². The minimum atomic E-state index is -0.803. The molecule has 0 atom stereocenters. The third-order valence-corrected chi connectivity index (χ3v) is 7.37. The lowest BCUT2D eigenvalue weighted by Gasteiger charge is -2.14. The van der Waals surface area contributed by atoms with E-state index in [-0.39, 0.29) is 0 Å². The molecular formula is C24H42ClNOSi. The molecule has 0 unspecified atom stereocenters. The number of carbonyl (C=O) groups excluding carboxylic acids is 1. The fourth-order valence-corrected chi connectivity index (χ4v) is 4.94. The van der Waals surface area contributed by atoms with E-state index in [0.717, 1.165) is 12.2 Å². The van der Waals surface area contributed by atoms with Crippen LogP contribution in [-0.2, 0) is 0 Å². The van der Waals surface area contributed by atoms with Crippen LogP contribution in [0.4, 0.5) is 5.69 Å². The number of rotatable bonds is 17. The van der Waals surface area contributed by atoms with Gasteiger partial charge in [0.05, 0.1) is 0 Å². The Balaban J connectivity index is 1.82. The van der Waals surface area contributed by atoms with Crippen LogP contribution in [0, 0.1) is 0 Å². The highest BCUT2D eigenvalue weighted by Crippen LogP contribution is 2.17. The van der Waals surface area contributed by atoms with Gasteiger partial charge in [0.15, 0.2) is 0 Å². The molecule has 28 heavy (non-hydrogen) atoms. The van der Waals surface area contributed by atoms with E-state index in [4.69, 9.17) is 11.6 Å². The molecular weight excluding hydrogens is 382 g/mol. The van der Waals surface area contributed by atoms with Gasteiger partial charge >= 0.3 is 0 Å². The maximum Gasteiger partial charge on any atom is 0.252 e. The molecule has 0 heterocycles. The van der Waals surface area contributed by atoms with Crippen LogP contribution in [0.5, 0.6) is 0 Å². The number of hydrogen-bond donors (Lipinski definition) is 1. The van der Waals surface area contributed by atoms with Crippen LogP contribution in [-0.4, -0.2) is 19.9 Å². The van der Waals surface area contributed by atoms with E-state index in [1.165, 1.54) is 83.1 Å². The summed E-state index contributed by atoms with van der Waals surface area (Å²) >= 11 is 5.45. The lowest BCUT2D eigenvalue weighted by molar-refractivity contribution is 0.108. The summed E-state index contributed by atoms with van der Waals surface area (Å²) in [6, 6.07) is 8.88. The van der Waals surface area contributed by atoms with Crippen molar-refractivity contribution in [2.24, 2.45) is 0 Å². The Morgan fingerprint density at radius 3 is 1.61 bits per heavy atom. The molecule has 0 aliphatic rings. The summed E-state index contributed by atoms with van der Waals surface area (Å²) in [5.41, 5.74) is 1.61. The lowest BCUT2D eigenvalue weighted by atomic mass is 10.1. The van der Waals surface area contributed by atoms with Gasteiger partial charge in [-0.25, -0.2) is 0 Å². The average Bonchev–Trinajstić information content (AvgIpc) is 2.64. The zero-order chi connectivity index (χ0) is 20.7. The first-order valence-corrected chi connectivity index (χ1v) is 15.5. The molecule has 0 aliphatic carbocycles. The SMILES string of the molecule is C[Si](C)(C)CCCCCCCCCCCCCCNc1ccc(C(=O)Cl)cc1. The van der Waals surface area contributed by atoms with E-state index >= 15 is 0 Å². The normalized spacial score (nSPS) is 11.6. The van der Waals surface area contributed by atoms with Crippen molar-refractivity contribution >= 4 is 30.6 Å². The van der Waals surface area contributed by atoms with Crippen molar-refractivity contribution in [2.45, 2.75) is 103 Å². The van der Waals surface area contributed by atoms with E-state index in [0.29, 0.717) is 5.56 Å². The van der Waals surface area contributed by atoms with Crippen LogP contribution >= 0.6 is 11.6 Å². The van der Waals surface area contributed by atoms with E-state index in [9.17, 15) is 4.79 Å². The highest BCUT2D eigenvalue weighted by atomic mass is 35.5. The predicted octanol–water partition coefficient (Wildman–Crippen LogP) is 8.50. The molecule has 0 spiro atoms. The van der Waals surface area contributed by atoms with Crippen molar-refractivity contribution in [3.05, 3.63) is 29.8 Å². The minimum Gasteiger partial charge on any atom is -0.385 e. The number of hydrogen-bond acceptors (Lipinski definition) is 2. The number of carbonyl (C=O) groups is 1. The molecule has 0 saturated heterocycles. The monoisotopic (exact) mass is 423 g/mol. The molecule has 0 fully saturated rings. The van der Waals surface area contributed by atoms with Gasteiger partial charge in [0.1, 0.15) is 0 Å². The third-order valence-electron chi connectivity index (χ3n) is 5.29. The highest BCUT2D eigenvalue weighted by molar-refractivity contribution is 6.76. The van der Waals surface area contributed by atoms with Gasteiger partial charge < -0.3 is 5.32 Å². The number of benzene rings is 1. The molecule has 1 aromatic rings. The van der Waals surface area contributed by atoms with E-state index in [1.54, 1.807) is 12.1 Å². The Morgan fingerprint density at radius 1 is 0.750 bits per heavy atom. The zero-order valence-electron chi connectivity index (χ0n) is 18.5. The summed E-state index contributed by atoms with van der Waals surface area (Å²) < 4.78 is 0. The predicted molar refractivity (Wildman–Crippen MR) is 129 cm³/mol. The van der Waals surface area contributed by atoms with Crippen LogP contribution in [0.15, 0.2) is 24.3 Å². The maximum absolute atomic E-state index is 11.0. The summed E-state index contributed by atoms with van der Waals surface area (Å²) in [4.78, 5) is 11.0. The molecule has 1 N–H and O–H groups in total. The smallest absolute Gasteiger partial charge is 0.252 e. The van der Waals surface area contributed by atoms with E-state index in [2.05, 4.69) is 25.0 Å². The largest absolute Gasteiger partial charge is 0.385 e. The minimum absolute atomic E-state index is 0.399. The number of unbranched alkanes of at least 4 members (excludes halogenated alkanes) is 11. The molecule has 1 rings (SSSR count). The first-order chi connectivity index (χ1) is 13.4. The lowest BCUT2D eigenvalue weighted by Crippen LogP contribution is -2.18. The number of nitrogens with one attached hydrogen (secondary N) is 1. The topological polar surface area (TPSA) is 29.1 Å². The number of halogens is 1. The van der Waals surface area contributed by atoms with Gasteiger partial charge in [-0.2, -0.15) is 0 Å². The molecule has 2 nitrogen and oxygen atoms in total. The summed E-state index contributed by atoms with van der Waals surface area (Å²) in [5, 5.41) is 3.01. The van der Waals surface area contributed by atoms with Crippen molar-refractivity contribution in [3.8, 4) is 0 Å².